The maximum Gasteiger partial charge on any atom is 0.188 e. The molecule has 28 heavy (non-hydrogen) atoms. The number of hydrogen-bond acceptors (Lipinski definition) is 7. The highest BCUT2D eigenvalue weighted by atomic mass is 32.1. The van der Waals surface area contributed by atoms with Crippen LogP contribution in [0.5, 0.6) is 0 Å². The fourth-order valence-electron chi connectivity index (χ4n) is 2.66. The molecule has 0 saturated carbocycles. The lowest BCUT2D eigenvalue weighted by Crippen LogP contribution is -1.90. The number of benzene rings is 2. The van der Waals surface area contributed by atoms with Gasteiger partial charge in [-0.25, -0.2) is 15.0 Å². The summed E-state index contributed by atoms with van der Waals surface area (Å²) in [6.45, 7) is 0. The highest BCUT2D eigenvalue weighted by Gasteiger charge is 2.16. The van der Waals surface area contributed by atoms with Crippen molar-refractivity contribution in [3.05, 3.63) is 78.2 Å². The number of nitriles is 2. The lowest BCUT2D eigenvalue weighted by Gasteiger charge is -2.02. The third kappa shape index (κ3) is 3.56. The van der Waals surface area contributed by atoms with Gasteiger partial charge in [-0.3, -0.25) is 0 Å². The summed E-state index contributed by atoms with van der Waals surface area (Å²) in [4.78, 5) is 14.0. The molecule has 4 aromatic rings. The zero-order valence-electron chi connectivity index (χ0n) is 14.5. The Morgan fingerprint density at radius 2 is 1.75 bits per heavy atom. The van der Waals surface area contributed by atoms with Gasteiger partial charge in [-0.15, -0.1) is 0 Å². The van der Waals surface area contributed by atoms with Crippen molar-refractivity contribution in [2.24, 2.45) is 0 Å². The molecule has 0 aliphatic heterocycles. The van der Waals surface area contributed by atoms with Crippen LogP contribution in [0.4, 0.5) is 10.8 Å². The van der Waals surface area contributed by atoms with Crippen LogP contribution in [0.3, 0.4) is 0 Å². The summed E-state index contributed by atoms with van der Waals surface area (Å²) < 4.78 is 0. The molecule has 2 heterocycles. The lowest BCUT2D eigenvalue weighted by molar-refractivity contribution is 1.18. The van der Waals surface area contributed by atoms with Gasteiger partial charge in [-0.2, -0.15) is 10.5 Å². The molecular formula is C21H12N6S. The van der Waals surface area contributed by atoms with Crippen molar-refractivity contribution in [3.63, 3.8) is 0 Å². The fourth-order valence-corrected chi connectivity index (χ4v) is 3.64. The molecule has 0 atom stereocenters. The lowest BCUT2D eigenvalue weighted by atomic mass is 10.1. The zero-order chi connectivity index (χ0) is 19.3. The quantitative estimate of drug-likeness (QED) is 0.548. The summed E-state index contributed by atoms with van der Waals surface area (Å²) in [5.74, 6) is 0. The van der Waals surface area contributed by atoms with E-state index in [9.17, 15) is 5.26 Å². The zero-order valence-corrected chi connectivity index (χ0v) is 15.3. The molecule has 2 aromatic carbocycles. The van der Waals surface area contributed by atoms with E-state index in [1.54, 1.807) is 24.4 Å². The highest BCUT2D eigenvalue weighted by Crippen LogP contribution is 2.39. The Morgan fingerprint density at radius 1 is 0.929 bits per heavy atom. The third-order valence-electron chi connectivity index (χ3n) is 3.97. The van der Waals surface area contributed by atoms with E-state index >= 15 is 0 Å². The second kappa shape index (κ2) is 7.67. The third-order valence-corrected chi connectivity index (χ3v) is 4.97. The molecule has 0 fully saturated rings. The van der Waals surface area contributed by atoms with Crippen LogP contribution in [0.1, 0.15) is 11.1 Å². The van der Waals surface area contributed by atoms with Crippen LogP contribution in [0.25, 0.3) is 21.8 Å². The maximum absolute atomic E-state index is 9.21. The fraction of sp³-hybridized carbons (Fsp3) is 0. The summed E-state index contributed by atoms with van der Waals surface area (Å²) >= 11 is 1.47. The van der Waals surface area contributed by atoms with E-state index in [4.69, 9.17) is 10.2 Å². The Balaban J connectivity index is 1.77. The van der Waals surface area contributed by atoms with Gasteiger partial charge in [-0.05, 0) is 42.5 Å². The first-order chi connectivity index (χ1) is 13.8. The van der Waals surface area contributed by atoms with Crippen LogP contribution in [-0.2, 0) is 0 Å². The van der Waals surface area contributed by atoms with Crippen LogP contribution in [0, 0.1) is 22.7 Å². The number of aromatic nitrogens is 3. The molecule has 0 spiro atoms. The van der Waals surface area contributed by atoms with Gasteiger partial charge in [0.25, 0.3) is 0 Å². The van der Waals surface area contributed by atoms with E-state index in [0.717, 1.165) is 27.5 Å². The minimum atomic E-state index is 0.570. The number of anilines is 2. The van der Waals surface area contributed by atoms with Gasteiger partial charge in [0, 0.05) is 17.4 Å². The second-order valence-corrected chi connectivity index (χ2v) is 6.80. The first-order valence-electron chi connectivity index (χ1n) is 8.32. The molecule has 4 rings (SSSR count). The van der Waals surface area contributed by atoms with Gasteiger partial charge >= 0.3 is 0 Å². The van der Waals surface area contributed by atoms with E-state index in [1.165, 1.54) is 17.7 Å². The smallest absolute Gasteiger partial charge is 0.188 e. The van der Waals surface area contributed by atoms with Crippen LogP contribution < -0.4 is 5.32 Å². The average Bonchev–Trinajstić information content (AvgIpc) is 3.19. The molecule has 0 saturated heterocycles. The molecule has 2 aromatic heterocycles. The molecule has 0 aliphatic carbocycles. The Morgan fingerprint density at radius 3 is 2.46 bits per heavy atom. The number of hydrogen-bond donors (Lipinski definition) is 1. The Hall–Kier alpha value is -4.07. The largest absolute Gasteiger partial charge is 0.332 e. The van der Waals surface area contributed by atoms with Gasteiger partial charge in [-0.1, -0.05) is 23.5 Å². The molecule has 132 valence electrons. The molecular weight excluding hydrogens is 368 g/mol. The van der Waals surface area contributed by atoms with Gasteiger partial charge in [0.1, 0.15) is 6.33 Å². The summed E-state index contributed by atoms with van der Waals surface area (Å²) in [5, 5.41) is 22.1. The molecule has 0 radical (unpaired) electrons. The predicted octanol–water partition coefficient (Wildman–Crippen LogP) is 4.75. The molecule has 1 N–H and O–H groups in total. The van der Waals surface area contributed by atoms with Crippen molar-refractivity contribution in [1.29, 1.82) is 10.5 Å². The first-order valence-corrected chi connectivity index (χ1v) is 9.13. The van der Waals surface area contributed by atoms with Crippen molar-refractivity contribution in [2.75, 3.05) is 5.32 Å². The Bertz CT molecular complexity index is 1200. The van der Waals surface area contributed by atoms with Crippen LogP contribution in [0.15, 0.2) is 67.1 Å². The Kier molecular flexibility index (Phi) is 4.75. The monoisotopic (exact) mass is 380 g/mol. The molecule has 0 bridgehead atoms. The van der Waals surface area contributed by atoms with Crippen molar-refractivity contribution in [3.8, 4) is 34.0 Å². The SMILES string of the molecule is N#Cc1ccc(Nc2nc(-c3cccc(C#N)c3)c(-c3ccncn3)s2)cc1. The second-order valence-electron chi connectivity index (χ2n) is 5.80. The van der Waals surface area contributed by atoms with E-state index in [2.05, 4.69) is 27.4 Å². The average molecular weight is 380 g/mol. The molecule has 0 aliphatic rings. The molecule has 7 heteroatoms. The summed E-state index contributed by atoms with van der Waals surface area (Å²) in [7, 11) is 0. The van der Waals surface area contributed by atoms with Crippen LogP contribution >= 0.6 is 11.3 Å². The Labute approximate surface area is 165 Å². The minimum absolute atomic E-state index is 0.570. The first kappa shape index (κ1) is 17.3. The predicted molar refractivity (Wildman–Crippen MR) is 108 cm³/mol. The number of nitrogens with one attached hydrogen (secondary N) is 1. The van der Waals surface area contributed by atoms with Crippen molar-refractivity contribution in [1.82, 2.24) is 15.0 Å². The van der Waals surface area contributed by atoms with Gasteiger partial charge in [0.15, 0.2) is 5.13 Å². The summed E-state index contributed by atoms with van der Waals surface area (Å²) in [5.41, 5.74) is 4.35. The van der Waals surface area contributed by atoms with Gasteiger partial charge in [0.2, 0.25) is 0 Å². The van der Waals surface area contributed by atoms with Crippen molar-refractivity contribution >= 4 is 22.2 Å². The summed E-state index contributed by atoms with van der Waals surface area (Å²) in [6, 6.07) is 20.6. The number of thiazole rings is 1. The van der Waals surface area contributed by atoms with Crippen molar-refractivity contribution < 1.29 is 0 Å². The normalized spacial score (nSPS) is 10.1. The van der Waals surface area contributed by atoms with Crippen LogP contribution in [-0.4, -0.2) is 15.0 Å². The molecule has 0 amide bonds. The molecule has 6 nitrogen and oxygen atoms in total. The topological polar surface area (TPSA) is 98.3 Å². The van der Waals surface area contributed by atoms with Gasteiger partial charge < -0.3 is 5.32 Å². The number of rotatable bonds is 4. The standard InChI is InChI=1S/C21H12N6S/c22-11-14-4-6-17(7-5-14)26-21-27-19(16-3-1-2-15(10-16)12-23)20(28-21)18-8-9-24-13-25-18/h1-10,13H,(H,26,27). The van der Waals surface area contributed by atoms with E-state index < -0.39 is 0 Å². The van der Waals surface area contributed by atoms with Crippen LogP contribution in [0.2, 0.25) is 0 Å². The maximum atomic E-state index is 9.21. The number of nitrogens with zero attached hydrogens (tertiary/aromatic N) is 5. The highest BCUT2D eigenvalue weighted by molar-refractivity contribution is 7.19. The van der Waals surface area contributed by atoms with Gasteiger partial charge in [0.05, 0.1) is 39.5 Å². The summed E-state index contributed by atoms with van der Waals surface area (Å²) in [6.07, 6.45) is 3.18. The molecule has 0 unspecified atom stereocenters. The van der Waals surface area contributed by atoms with E-state index in [-0.39, 0.29) is 0 Å². The minimum Gasteiger partial charge on any atom is -0.332 e. The van der Waals surface area contributed by atoms with E-state index in [1.807, 2.05) is 36.4 Å². The van der Waals surface area contributed by atoms with Crippen molar-refractivity contribution in [2.45, 2.75) is 0 Å². The van der Waals surface area contributed by atoms with E-state index in [0.29, 0.717) is 16.3 Å².